The van der Waals surface area contributed by atoms with E-state index in [0.717, 1.165) is 6.54 Å². The SMILES string of the molecule is CCn1cc(NC(=O)c2ccc(Cl)nc2)cn1. The molecule has 1 N–H and O–H groups in total. The number of aryl methyl sites for hydroxylation is 1. The van der Waals surface area contributed by atoms with Crippen molar-refractivity contribution in [1.82, 2.24) is 14.8 Å². The molecule has 1 amide bonds. The van der Waals surface area contributed by atoms with E-state index in [0.29, 0.717) is 16.4 Å². The highest BCUT2D eigenvalue weighted by Gasteiger charge is 2.07. The van der Waals surface area contributed by atoms with Gasteiger partial charge in [0.05, 0.1) is 17.4 Å². The molecule has 0 aromatic carbocycles. The standard InChI is InChI=1S/C11H11ClN4O/c1-2-16-7-9(6-14-16)15-11(17)8-3-4-10(12)13-5-8/h3-7H,2H2,1H3,(H,15,17). The van der Waals surface area contributed by atoms with Crippen LogP contribution >= 0.6 is 11.6 Å². The Kier molecular flexibility index (Phi) is 3.39. The predicted molar refractivity (Wildman–Crippen MR) is 65.1 cm³/mol. The van der Waals surface area contributed by atoms with E-state index in [1.807, 2.05) is 6.92 Å². The van der Waals surface area contributed by atoms with Gasteiger partial charge in [-0.05, 0) is 19.1 Å². The van der Waals surface area contributed by atoms with Crippen LogP contribution in [0.3, 0.4) is 0 Å². The van der Waals surface area contributed by atoms with E-state index >= 15 is 0 Å². The minimum absolute atomic E-state index is 0.232. The van der Waals surface area contributed by atoms with Gasteiger partial charge >= 0.3 is 0 Å². The Hall–Kier alpha value is -1.88. The smallest absolute Gasteiger partial charge is 0.257 e. The second-order valence-electron chi connectivity index (χ2n) is 3.41. The number of halogens is 1. The molecule has 0 fully saturated rings. The van der Waals surface area contributed by atoms with E-state index in [1.54, 1.807) is 29.2 Å². The first-order valence-corrected chi connectivity index (χ1v) is 5.52. The number of amides is 1. The average molecular weight is 251 g/mol. The van der Waals surface area contributed by atoms with Crippen LogP contribution in [0.15, 0.2) is 30.7 Å². The van der Waals surface area contributed by atoms with Crippen LogP contribution < -0.4 is 5.32 Å². The molecular weight excluding hydrogens is 240 g/mol. The minimum Gasteiger partial charge on any atom is -0.319 e. The molecule has 2 heterocycles. The normalized spacial score (nSPS) is 10.2. The van der Waals surface area contributed by atoms with Gasteiger partial charge in [-0.25, -0.2) is 4.98 Å². The van der Waals surface area contributed by atoms with Crippen LogP contribution in [-0.2, 0) is 6.54 Å². The highest BCUT2D eigenvalue weighted by Crippen LogP contribution is 2.09. The fourth-order valence-electron chi connectivity index (χ4n) is 1.31. The fourth-order valence-corrected chi connectivity index (χ4v) is 1.43. The van der Waals surface area contributed by atoms with Crippen LogP contribution in [0.25, 0.3) is 0 Å². The Balaban J connectivity index is 2.08. The summed E-state index contributed by atoms with van der Waals surface area (Å²) in [6.07, 6.45) is 4.80. The molecular formula is C11H11ClN4O. The summed E-state index contributed by atoms with van der Waals surface area (Å²) in [6, 6.07) is 3.20. The van der Waals surface area contributed by atoms with Crippen LogP contribution in [0.5, 0.6) is 0 Å². The Morgan fingerprint density at radius 1 is 1.47 bits per heavy atom. The lowest BCUT2D eigenvalue weighted by Gasteiger charge is -2.01. The average Bonchev–Trinajstić information content (AvgIpc) is 2.77. The number of hydrogen-bond acceptors (Lipinski definition) is 3. The van der Waals surface area contributed by atoms with Crippen molar-refractivity contribution in [1.29, 1.82) is 0 Å². The topological polar surface area (TPSA) is 59.8 Å². The van der Waals surface area contributed by atoms with Crippen molar-refractivity contribution in [3.05, 3.63) is 41.4 Å². The first-order chi connectivity index (χ1) is 8.19. The van der Waals surface area contributed by atoms with Crippen molar-refractivity contribution in [2.24, 2.45) is 0 Å². The van der Waals surface area contributed by atoms with Crippen LogP contribution in [0.4, 0.5) is 5.69 Å². The van der Waals surface area contributed by atoms with Gasteiger partial charge in [-0.3, -0.25) is 9.48 Å². The third-order valence-corrected chi connectivity index (χ3v) is 2.43. The molecule has 0 unspecified atom stereocenters. The third kappa shape index (κ3) is 2.82. The molecule has 0 saturated carbocycles. The lowest BCUT2D eigenvalue weighted by molar-refractivity contribution is 0.102. The lowest BCUT2D eigenvalue weighted by atomic mass is 10.2. The van der Waals surface area contributed by atoms with E-state index in [4.69, 9.17) is 11.6 Å². The maximum atomic E-state index is 11.8. The summed E-state index contributed by atoms with van der Waals surface area (Å²) < 4.78 is 1.73. The van der Waals surface area contributed by atoms with Crippen LogP contribution in [-0.4, -0.2) is 20.7 Å². The molecule has 0 bridgehead atoms. The molecule has 6 heteroatoms. The van der Waals surface area contributed by atoms with Gasteiger partial charge in [-0.1, -0.05) is 11.6 Å². The molecule has 0 aliphatic carbocycles. The van der Waals surface area contributed by atoms with E-state index in [-0.39, 0.29) is 5.91 Å². The lowest BCUT2D eigenvalue weighted by Crippen LogP contribution is -2.11. The van der Waals surface area contributed by atoms with Gasteiger partial charge < -0.3 is 5.32 Å². The Labute approximate surface area is 103 Å². The monoisotopic (exact) mass is 250 g/mol. The summed E-state index contributed by atoms with van der Waals surface area (Å²) in [5.74, 6) is -0.232. The number of aromatic nitrogens is 3. The van der Waals surface area contributed by atoms with Gasteiger partial charge in [0.2, 0.25) is 0 Å². The van der Waals surface area contributed by atoms with Crippen LogP contribution in [0.2, 0.25) is 5.15 Å². The number of pyridine rings is 1. The summed E-state index contributed by atoms with van der Waals surface area (Å²) in [7, 11) is 0. The molecule has 0 saturated heterocycles. The van der Waals surface area contributed by atoms with Gasteiger partial charge in [0.1, 0.15) is 5.15 Å². The molecule has 2 aromatic heterocycles. The van der Waals surface area contributed by atoms with Crippen molar-refractivity contribution in [2.45, 2.75) is 13.5 Å². The molecule has 5 nitrogen and oxygen atoms in total. The highest BCUT2D eigenvalue weighted by atomic mass is 35.5. The summed E-state index contributed by atoms with van der Waals surface area (Å²) in [5.41, 5.74) is 1.12. The second-order valence-corrected chi connectivity index (χ2v) is 3.80. The van der Waals surface area contributed by atoms with Crippen molar-refractivity contribution in [3.63, 3.8) is 0 Å². The molecule has 2 aromatic rings. The summed E-state index contributed by atoms with van der Waals surface area (Å²) >= 11 is 5.64. The zero-order chi connectivity index (χ0) is 12.3. The quantitative estimate of drug-likeness (QED) is 0.850. The Morgan fingerprint density at radius 2 is 2.29 bits per heavy atom. The van der Waals surface area contributed by atoms with E-state index in [1.165, 1.54) is 6.20 Å². The van der Waals surface area contributed by atoms with Gasteiger partial charge in [0.25, 0.3) is 5.91 Å². The fraction of sp³-hybridized carbons (Fsp3) is 0.182. The van der Waals surface area contributed by atoms with E-state index in [9.17, 15) is 4.79 Å². The van der Waals surface area contributed by atoms with Crippen molar-refractivity contribution in [3.8, 4) is 0 Å². The number of nitrogens with zero attached hydrogens (tertiary/aromatic N) is 3. The van der Waals surface area contributed by atoms with Gasteiger partial charge in [-0.2, -0.15) is 5.10 Å². The maximum Gasteiger partial charge on any atom is 0.257 e. The molecule has 17 heavy (non-hydrogen) atoms. The van der Waals surface area contributed by atoms with Crippen LogP contribution in [0.1, 0.15) is 17.3 Å². The number of carbonyl (C=O) groups is 1. The second kappa shape index (κ2) is 4.97. The zero-order valence-corrected chi connectivity index (χ0v) is 9.98. The molecule has 0 atom stereocenters. The third-order valence-electron chi connectivity index (χ3n) is 2.20. The Morgan fingerprint density at radius 3 is 2.88 bits per heavy atom. The summed E-state index contributed by atoms with van der Waals surface area (Å²) in [5, 5.41) is 7.15. The predicted octanol–water partition coefficient (Wildman–Crippen LogP) is 2.20. The highest BCUT2D eigenvalue weighted by molar-refractivity contribution is 6.29. The minimum atomic E-state index is -0.232. The first-order valence-electron chi connectivity index (χ1n) is 5.14. The van der Waals surface area contributed by atoms with Gasteiger partial charge in [0, 0.05) is 18.9 Å². The Bertz CT molecular complexity index is 521. The molecule has 0 radical (unpaired) electrons. The number of nitrogens with one attached hydrogen (secondary N) is 1. The number of hydrogen-bond donors (Lipinski definition) is 1. The van der Waals surface area contributed by atoms with Crippen LogP contribution in [0, 0.1) is 0 Å². The molecule has 88 valence electrons. The van der Waals surface area contributed by atoms with Crippen molar-refractivity contribution in [2.75, 3.05) is 5.32 Å². The molecule has 2 rings (SSSR count). The number of rotatable bonds is 3. The molecule has 0 aliphatic heterocycles. The summed E-state index contributed by atoms with van der Waals surface area (Å²) in [6.45, 7) is 2.74. The van der Waals surface area contributed by atoms with Gasteiger partial charge in [-0.15, -0.1) is 0 Å². The first kappa shape index (κ1) is 11.6. The van der Waals surface area contributed by atoms with Crippen molar-refractivity contribution >= 4 is 23.2 Å². The van der Waals surface area contributed by atoms with Gasteiger partial charge in [0.15, 0.2) is 0 Å². The molecule has 0 aliphatic rings. The van der Waals surface area contributed by atoms with E-state index < -0.39 is 0 Å². The molecule has 0 spiro atoms. The number of anilines is 1. The zero-order valence-electron chi connectivity index (χ0n) is 9.22. The van der Waals surface area contributed by atoms with E-state index in [2.05, 4.69) is 15.4 Å². The van der Waals surface area contributed by atoms with Crippen molar-refractivity contribution < 1.29 is 4.79 Å². The number of carbonyl (C=O) groups excluding carboxylic acids is 1. The largest absolute Gasteiger partial charge is 0.319 e. The maximum absolute atomic E-state index is 11.8. The summed E-state index contributed by atoms with van der Waals surface area (Å²) in [4.78, 5) is 15.6.